The molecule has 0 radical (unpaired) electrons. The van der Waals surface area contributed by atoms with Crippen LogP contribution in [0.5, 0.6) is 0 Å². The second-order valence-corrected chi connectivity index (χ2v) is 8.35. The number of carbonyl (C=O) groups is 1. The molecule has 0 aromatic carbocycles. The van der Waals surface area contributed by atoms with Gasteiger partial charge in [0.2, 0.25) is 5.91 Å². The van der Waals surface area contributed by atoms with Crippen LogP contribution in [0, 0.1) is 11.3 Å². The molecular formula is C18H35N3O. The molecule has 128 valence electrons. The highest BCUT2D eigenvalue weighted by Gasteiger charge is 2.33. The third-order valence-electron chi connectivity index (χ3n) is 5.24. The molecular weight excluding hydrogens is 274 g/mol. The molecule has 0 aromatic heterocycles. The zero-order chi connectivity index (χ0) is 16.2. The van der Waals surface area contributed by atoms with Crippen LogP contribution in [-0.2, 0) is 4.79 Å². The second kappa shape index (κ2) is 7.78. The van der Waals surface area contributed by atoms with Crippen molar-refractivity contribution in [3.63, 3.8) is 0 Å². The maximum Gasteiger partial charge on any atom is 0.240 e. The normalized spacial score (nSPS) is 26.5. The van der Waals surface area contributed by atoms with Crippen LogP contribution in [0.4, 0.5) is 0 Å². The Labute approximate surface area is 136 Å². The number of nitrogens with zero attached hydrogens (tertiary/aromatic N) is 2. The SMILES string of the molecule is CC(C)(C)[C@H](N)C(=O)N1CCCC(CN2CCCCCC2)C1. The van der Waals surface area contributed by atoms with Crippen LogP contribution < -0.4 is 5.73 Å². The van der Waals surface area contributed by atoms with Crippen molar-refractivity contribution in [3.05, 3.63) is 0 Å². The van der Waals surface area contributed by atoms with E-state index in [2.05, 4.69) is 4.90 Å². The summed E-state index contributed by atoms with van der Waals surface area (Å²) in [4.78, 5) is 17.3. The minimum atomic E-state index is -0.385. The first-order chi connectivity index (χ1) is 10.4. The van der Waals surface area contributed by atoms with Crippen LogP contribution in [0.15, 0.2) is 0 Å². The predicted molar refractivity (Wildman–Crippen MR) is 91.6 cm³/mol. The number of piperidine rings is 1. The van der Waals surface area contributed by atoms with E-state index in [-0.39, 0.29) is 17.4 Å². The summed E-state index contributed by atoms with van der Waals surface area (Å²) in [5, 5.41) is 0. The lowest BCUT2D eigenvalue weighted by atomic mass is 9.85. The van der Waals surface area contributed by atoms with Crippen LogP contribution in [-0.4, -0.2) is 54.5 Å². The molecule has 2 saturated heterocycles. The number of carbonyl (C=O) groups excluding carboxylic acids is 1. The number of nitrogens with two attached hydrogens (primary N) is 1. The summed E-state index contributed by atoms with van der Waals surface area (Å²) >= 11 is 0. The summed E-state index contributed by atoms with van der Waals surface area (Å²) in [6, 6.07) is -0.385. The summed E-state index contributed by atoms with van der Waals surface area (Å²) in [5.41, 5.74) is 6.02. The van der Waals surface area contributed by atoms with Crippen molar-refractivity contribution in [2.24, 2.45) is 17.1 Å². The Morgan fingerprint density at radius 3 is 2.32 bits per heavy atom. The molecule has 2 N–H and O–H groups in total. The molecule has 1 unspecified atom stereocenters. The quantitative estimate of drug-likeness (QED) is 0.871. The number of amides is 1. The largest absolute Gasteiger partial charge is 0.341 e. The zero-order valence-corrected chi connectivity index (χ0v) is 14.8. The van der Waals surface area contributed by atoms with Gasteiger partial charge in [0.25, 0.3) is 0 Å². The van der Waals surface area contributed by atoms with Crippen molar-refractivity contribution in [3.8, 4) is 0 Å². The van der Waals surface area contributed by atoms with Crippen molar-refractivity contribution < 1.29 is 4.79 Å². The molecule has 0 aliphatic carbocycles. The minimum Gasteiger partial charge on any atom is -0.341 e. The van der Waals surface area contributed by atoms with Crippen LogP contribution in [0.25, 0.3) is 0 Å². The molecule has 2 fully saturated rings. The van der Waals surface area contributed by atoms with Crippen molar-refractivity contribution in [2.75, 3.05) is 32.7 Å². The predicted octanol–water partition coefficient (Wildman–Crippen LogP) is 2.47. The van der Waals surface area contributed by atoms with E-state index in [1.165, 1.54) is 45.2 Å². The Morgan fingerprint density at radius 1 is 1.09 bits per heavy atom. The van der Waals surface area contributed by atoms with Gasteiger partial charge in [-0.05, 0) is 50.1 Å². The highest BCUT2D eigenvalue weighted by atomic mass is 16.2. The lowest BCUT2D eigenvalue weighted by Gasteiger charge is -2.38. The number of hydrogen-bond acceptors (Lipinski definition) is 3. The molecule has 22 heavy (non-hydrogen) atoms. The lowest BCUT2D eigenvalue weighted by Crippen LogP contribution is -2.53. The zero-order valence-electron chi connectivity index (χ0n) is 14.8. The van der Waals surface area contributed by atoms with Crippen molar-refractivity contribution in [2.45, 2.75) is 65.3 Å². The highest BCUT2D eigenvalue weighted by molar-refractivity contribution is 5.82. The van der Waals surface area contributed by atoms with E-state index in [0.717, 1.165) is 26.1 Å². The van der Waals surface area contributed by atoms with Gasteiger partial charge in [-0.2, -0.15) is 0 Å². The van der Waals surface area contributed by atoms with Crippen molar-refractivity contribution in [1.82, 2.24) is 9.80 Å². The maximum atomic E-state index is 12.6. The smallest absolute Gasteiger partial charge is 0.240 e. The minimum absolute atomic E-state index is 0.146. The second-order valence-electron chi connectivity index (χ2n) is 8.35. The molecule has 0 aromatic rings. The van der Waals surface area contributed by atoms with E-state index < -0.39 is 0 Å². The van der Waals surface area contributed by atoms with Gasteiger partial charge in [0, 0.05) is 19.6 Å². The van der Waals surface area contributed by atoms with Gasteiger partial charge in [-0.15, -0.1) is 0 Å². The molecule has 2 rings (SSSR count). The van der Waals surface area contributed by atoms with E-state index in [1.807, 2.05) is 25.7 Å². The van der Waals surface area contributed by atoms with E-state index in [1.54, 1.807) is 0 Å². The highest BCUT2D eigenvalue weighted by Crippen LogP contribution is 2.24. The van der Waals surface area contributed by atoms with E-state index >= 15 is 0 Å². The van der Waals surface area contributed by atoms with Crippen LogP contribution in [0.1, 0.15) is 59.3 Å². The molecule has 0 bridgehead atoms. The number of hydrogen-bond donors (Lipinski definition) is 1. The summed E-state index contributed by atoms with van der Waals surface area (Å²) < 4.78 is 0. The average molecular weight is 309 g/mol. The van der Waals surface area contributed by atoms with Crippen LogP contribution >= 0.6 is 0 Å². The molecule has 4 nitrogen and oxygen atoms in total. The van der Waals surface area contributed by atoms with Crippen molar-refractivity contribution in [1.29, 1.82) is 0 Å². The first-order valence-corrected chi connectivity index (χ1v) is 9.14. The molecule has 0 spiro atoms. The summed E-state index contributed by atoms with van der Waals surface area (Å²) in [7, 11) is 0. The first-order valence-electron chi connectivity index (χ1n) is 9.14. The third-order valence-corrected chi connectivity index (χ3v) is 5.24. The lowest BCUT2D eigenvalue weighted by molar-refractivity contribution is -0.136. The van der Waals surface area contributed by atoms with Gasteiger partial charge in [0.15, 0.2) is 0 Å². The number of likely N-dealkylation sites (tertiary alicyclic amines) is 2. The van der Waals surface area contributed by atoms with Crippen LogP contribution in [0.2, 0.25) is 0 Å². The Morgan fingerprint density at radius 2 is 1.73 bits per heavy atom. The van der Waals surface area contributed by atoms with Gasteiger partial charge < -0.3 is 15.5 Å². The fourth-order valence-electron chi connectivity index (χ4n) is 3.67. The standard InChI is InChI=1S/C18H35N3O/c1-18(2,3)16(19)17(22)21-12-8-9-15(14-21)13-20-10-6-4-5-7-11-20/h15-16H,4-14,19H2,1-3H3/t15?,16-/m1/s1. The molecule has 2 aliphatic rings. The molecule has 2 heterocycles. The summed E-state index contributed by atoms with van der Waals surface area (Å²) in [6.45, 7) is 11.6. The Hall–Kier alpha value is -0.610. The van der Waals surface area contributed by atoms with E-state index in [9.17, 15) is 4.79 Å². The summed E-state index contributed by atoms with van der Waals surface area (Å²) in [6.07, 6.45) is 7.82. The van der Waals surface area contributed by atoms with Gasteiger partial charge in [-0.3, -0.25) is 4.79 Å². The molecule has 2 aliphatic heterocycles. The van der Waals surface area contributed by atoms with Gasteiger partial charge >= 0.3 is 0 Å². The fraction of sp³-hybridized carbons (Fsp3) is 0.944. The Bertz CT molecular complexity index is 356. The van der Waals surface area contributed by atoms with Gasteiger partial charge in [0.05, 0.1) is 6.04 Å². The van der Waals surface area contributed by atoms with Gasteiger partial charge in [-0.25, -0.2) is 0 Å². The monoisotopic (exact) mass is 309 g/mol. The van der Waals surface area contributed by atoms with Crippen LogP contribution in [0.3, 0.4) is 0 Å². The summed E-state index contributed by atoms with van der Waals surface area (Å²) in [5.74, 6) is 0.774. The number of rotatable bonds is 3. The maximum absolute atomic E-state index is 12.6. The fourth-order valence-corrected chi connectivity index (χ4v) is 3.67. The first kappa shape index (κ1) is 17.7. The van der Waals surface area contributed by atoms with Gasteiger partial charge in [-0.1, -0.05) is 33.6 Å². The van der Waals surface area contributed by atoms with E-state index in [4.69, 9.17) is 5.73 Å². The molecule has 2 atom stereocenters. The Kier molecular flexibility index (Phi) is 6.27. The van der Waals surface area contributed by atoms with E-state index in [0.29, 0.717) is 5.92 Å². The third kappa shape index (κ3) is 4.95. The van der Waals surface area contributed by atoms with Gasteiger partial charge in [0.1, 0.15) is 0 Å². The molecule has 4 heteroatoms. The average Bonchev–Trinajstić information content (AvgIpc) is 2.73. The Balaban J connectivity index is 1.87. The van der Waals surface area contributed by atoms with Crippen molar-refractivity contribution >= 4 is 5.91 Å². The molecule has 1 amide bonds. The topological polar surface area (TPSA) is 49.6 Å². The molecule has 0 saturated carbocycles.